The molecule has 0 fully saturated rings. The van der Waals surface area contributed by atoms with Gasteiger partial charge in [-0.05, 0) is 32.5 Å². The van der Waals surface area contributed by atoms with Gasteiger partial charge < -0.3 is 0 Å². The van der Waals surface area contributed by atoms with E-state index in [0.29, 0.717) is 23.7 Å². The Morgan fingerprint density at radius 3 is 2.50 bits per heavy atom. The Labute approximate surface area is 109 Å². The number of likely N-dealkylation sites (N-methyl/N-ethyl adjacent to an activating group) is 1. The fourth-order valence-corrected chi connectivity index (χ4v) is 1.84. The molecule has 0 saturated heterocycles. The number of benzene rings is 1. The van der Waals surface area contributed by atoms with Gasteiger partial charge in [-0.1, -0.05) is 25.5 Å². The molecular weight excluding hydrogens is 224 g/mol. The van der Waals surface area contributed by atoms with Gasteiger partial charge in [0.2, 0.25) is 0 Å². The number of nitrogens with zero attached hydrogens (tertiary/aromatic N) is 2. The Balaban J connectivity index is 2.62. The maximum atomic E-state index is 12.0. The van der Waals surface area contributed by atoms with E-state index in [9.17, 15) is 4.79 Å². The Hall–Kier alpha value is -1.66. The number of carbonyl (C=O) groups excluding carboxylic acids is 1. The highest BCUT2D eigenvalue weighted by molar-refractivity contribution is 5.97. The number of nitriles is 1. The first-order valence-corrected chi connectivity index (χ1v) is 6.32. The molecule has 96 valence electrons. The van der Waals surface area contributed by atoms with Crippen LogP contribution in [0.15, 0.2) is 24.3 Å². The number of ketones is 1. The lowest BCUT2D eigenvalue weighted by atomic mass is 10.1. The number of rotatable bonds is 6. The van der Waals surface area contributed by atoms with E-state index in [1.54, 1.807) is 24.3 Å². The molecule has 0 radical (unpaired) electrons. The molecule has 0 bridgehead atoms. The summed E-state index contributed by atoms with van der Waals surface area (Å²) in [5.74, 6) is 0.102. The molecule has 0 spiro atoms. The lowest BCUT2D eigenvalue weighted by Gasteiger charge is -2.23. The van der Waals surface area contributed by atoms with Crippen LogP contribution < -0.4 is 0 Å². The minimum atomic E-state index is 0.102. The SMILES string of the molecule is CCCC(C)N(C)CC(=O)c1ccc(C#N)cc1. The maximum absolute atomic E-state index is 12.0. The quantitative estimate of drug-likeness (QED) is 0.723. The number of carbonyl (C=O) groups is 1. The summed E-state index contributed by atoms with van der Waals surface area (Å²) in [4.78, 5) is 14.1. The second-order valence-corrected chi connectivity index (χ2v) is 4.67. The average molecular weight is 244 g/mol. The third-order valence-corrected chi connectivity index (χ3v) is 3.19. The van der Waals surface area contributed by atoms with E-state index in [4.69, 9.17) is 5.26 Å². The van der Waals surface area contributed by atoms with E-state index in [-0.39, 0.29) is 5.78 Å². The van der Waals surface area contributed by atoms with Gasteiger partial charge in [-0.2, -0.15) is 5.26 Å². The summed E-state index contributed by atoms with van der Waals surface area (Å²) >= 11 is 0. The first-order valence-electron chi connectivity index (χ1n) is 6.32. The zero-order valence-corrected chi connectivity index (χ0v) is 11.3. The minimum absolute atomic E-state index is 0.102. The molecule has 0 aliphatic rings. The van der Waals surface area contributed by atoms with Crippen LogP contribution in [0.1, 0.15) is 42.6 Å². The second-order valence-electron chi connectivity index (χ2n) is 4.67. The van der Waals surface area contributed by atoms with Crippen LogP contribution in [0.25, 0.3) is 0 Å². The zero-order chi connectivity index (χ0) is 13.5. The average Bonchev–Trinajstić information content (AvgIpc) is 2.39. The normalized spacial score (nSPS) is 12.2. The molecule has 0 aliphatic heterocycles. The predicted molar refractivity (Wildman–Crippen MR) is 72.5 cm³/mol. The van der Waals surface area contributed by atoms with Gasteiger partial charge in [-0.25, -0.2) is 0 Å². The highest BCUT2D eigenvalue weighted by atomic mass is 16.1. The zero-order valence-electron chi connectivity index (χ0n) is 11.3. The summed E-state index contributed by atoms with van der Waals surface area (Å²) in [7, 11) is 1.97. The van der Waals surface area contributed by atoms with Crippen LogP contribution in [0.5, 0.6) is 0 Å². The molecule has 3 nitrogen and oxygen atoms in total. The number of Topliss-reactive ketones (excluding diaryl/α,β-unsaturated/α-hetero) is 1. The van der Waals surface area contributed by atoms with Gasteiger partial charge in [0.15, 0.2) is 5.78 Å². The molecular formula is C15H20N2O. The van der Waals surface area contributed by atoms with Crippen molar-refractivity contribution in [3.63, 3.8) is 0 Å². The molecule has 1 aromatic rings. The van der Waals surface area contributed by atoms with E-state index < -0.39 is 0 Å². The fraction of sp³-hybridized carbons (Fsp3) is 0.467. The lowest BCUT2D eigenvalue weighted by Crippen LogP contribution is -2.33. The summed E-state index contributed by atoms with van der Waals surface area (Å²) in [5, 5.41) is 8.70. The smallest absolute Gasteiger partial charge is 0.176 e. The van der Waals surface area contributed by atoms with Crippen LogP contribution in [0.3, 0.4) is 0 Å². The molecule has 1 rings (SSSR count). The highest BCUT2D eigenvalue weighted by Crippen LogP contribution is 2.08. The maximum Gasteiger partial charge on any atom is 0.176 e. The van der Waals surface area contributed by atoms with Crippen LogP contribution in [-0.2, 0) is 0 Å². The van der Waals surface area contributed by atoms with Crippen LogP contribution >= 0.6 is 0 Å². The Morgan fingerprint density at radius 1 is 1.39 bits per heavy atom. The van der Waals surface area contributed by atoms with Crippen molar-refractivity contribution in [1.82, 2.24) is 4.90 Å². The first kappa shape index (κ1) is 14.4. The van der Waals surface area contributed by atoms with Crippen LogP contribution in [-0.4, -0.2) is 30.3 Å². The van der Waals surface area contributed by atoms with Gasteiger partial charge in [0.25, 0.3) is 0 Å². The Morgan fingerprint density at radius 2 is 2.00 bits per heavy atom. The van der Waals surface area contributed by atoms with Crippen molar-refractivity contribution in [1.29, 1.82) is 5.26 Å². The molecule has 1 aromatic carbocycles. The summed E-state index contributed by atoms with van der Waals surface area (Å²) in [6.45, 7) is 4.70. The molecule has 0 amide bonds. The molecule has 1 atom stereocenters. The molecule has 0 aromatic heterocycles. The fourth-order valence-electron chi connectivity index (χ4n) is 1.84. The van der Waals surface area contributed by atoms with Gasteiger partial charge in [0, 0.05) is 11.6 Å². The summed E-state index contributed by atoms with van der Waals surface area (Å²) < 4.78 is 0. The van der Waals surface area contributed by atoms with E-state index >= 15 is 0 Å². The summed E-state index contributed by atoms with van der Waals surface area (Å²) in [6, 6.07) is 9.27. The van der Waals surface area contributed by atoms with Crippen molar-refractivity contribution < 1.29 is 4.79 Å². The van der Waals surface area contributed by atoms with E-state index in [2.05, 4.69) is 18.7 Å². The third kappa shape index (κ3) is 3.97. The Bertz CT molecular complexity index is 431. The van der Waals surface area contributed by atoms with E-state index in [1.807, 2.05) is 13.1 Å². The standard InChI is InChI=1S/C15H20N2O/c1-4-5-12(2)17(3)11-15(18)14-8-6-13(10-16)7-9-14/h6-9,12H,4-5,11H2,1-3H3. The van der Waals surface area contributed by atoms with E-state index in [1.165, 1.54) is 0 Å². The van der Waals surface area contributed by atoms with Gasteiger partial charge in [0.1, 0.15) is 0 Å². The summed E-state index contributed by atoms with van der Waals surface area (Å²) in [5.41, 5.74) is 1.25. The third-order valence-electron chi connectivity index (χ3n) is 3.19. The van der Waals surface area contributed by atoms with Crippen molar-refractivity contribution in [2.45, 2.75) is 32.7 Å². The monoisotopic (exact) mass is 244 g/mol. The van der Waals surface area contributed by atoms with Crippen molar-refractivity contribution in [3.8, 4) is 6.07 Å². The number of hydrogen-bond donors (Lipinski definition) is 0. The van der Waals surface area contributed by atoms with Crippen molar-refractivity contribution in [3.05, 3.63) is 35.4 Å². The number of hydrogen-bond acceptors (Lipinski definition) is 3. The Kier molecular flexibility index (Phi) is 5.54. The second kappa shape index (κ2) is 6.93. The van der Waals surface area contributed by atoms with Crippen molar-refractivity contribution in [2.24, 2.45) is 0 Å². The first-order chi connectivity index (χ1) is 8.58. The minimum Gasteiger partial charge on any atom is -0.296 e. The molecule has 0 N–H and O–H groups in total. The van der Waals surface area contributed by atoms with Crippen LogP contribution in [0.4, 0.5) is 0 Å². The molecule has 1 unspecified atom stereocenters. The summed E-state index contributed by atoms with van der Waals surface area (Å²) in [6.07, 6.45) is 2.22. The van der Waals surface area contributed by atoms with Gasteiger partial charge in [-0.3, -0.25) is 9.69 Å². The molecule has 3 heteroatoms. The van der Waals surface area contributed by atoms with Crippen LogP contribution in [0.2, 0.25) is 0 Å². The topological polar surface area (TPSA) is 44.1 Å². The van der Waals surface area contributed by atoms with Gasteiger partial charge in [0.05, 0.1) is 18.2 Å². The molecule has 18 heavy (non-hydrogen) atoms. The largest absolute Gasteiger partial charge is 0.296 e. The van der Waals surface area contributed by atoms with Gasteiger partial charge >= 0.3 is 0 Å². The molecule has 0 aliphatic carbocycles. The molecule has 0 heterocycles. The predicted octanol–water partition coefficient (Wildman–Crippen LogP) is 2.86. The van der Waals surface area contributed by atoms with Crippen molar-refractivity contribution in [2.75, 3.05) is 13.6 Å². The highest BCUT2D eigenvalue weighted by Gasteiger charge is 2.13. The van der Waals surface area contributed by atoms with Gasteiger partial charge in [-0.15, -0.1) is 0 Å². The molecule has 0 saturated carbocycles. The lowest BCUT2D eigenvalue weighted by molar-refractivity contribution is 0.0921. The van der Waals surface area contributed by atoms with Crippen molar-refractivity contribution >= 4 is 5.78 Å². The van der Waals surface area contributed by atoms with Crippen LogP contribution in [0, 0.1) is 11.3 Å². The van der Waals surface area contributed by atoms with E-state index in [0.717, 1.165) is 12.8 Å².